The van der Waals surface area contributed by atoms with Crippen LogP contribution in [0.4, 0.5) is 11.4 Å². The number of likely N-dealkylation sites (tertiary alicyclic amines) is 1. The zero-order chi connectivity index (χ0) is 32.1. The number of nitrogens with two attached hydrogens (primary N) is 1. The van der Waals surface area contributed by atoms with Gasteiger partial charge in [-0.2, -0.15) is 0 Å². The van der Waals surface area contributed by atoms with Crippen molar-refractivity contribution in [3.63, 3.8) is 0 Å². The summed E-state index contributed by atoms with van der Waals surface area (Å²) >= 11 is 0. The minimum Gasteiger partial charge on any atom is -0.397 e. The molecule has 0 saturated carbocycles. The number of carbonyl (C=O) groups excluding carboxylic acids is 2. The first kappa shape index (κ1) is 33.6. The quantitative estimate of drug-likeness (QED) is 0.181. The van der Waals surface area contributed by atoms with E-state index < -0.39 is 6.29 Å². The molecule has 2 amide bonds. The molecule has 0 aromatic heterocycles. The number of carbonyl (C=O) groups is 2. The van der Waals surface area contributed by atoms with Crippen LogP contribution in [0.2, 0.25) is 0 Å². The second-order valence-corrected chi connectivity index (χ2v) is 12.4. The maximum absolute atomic E-state index is 12.5. The van der Waals surface area contributed by atoms with E-state index >= 15 is 0 Å². The number of nitrogens with zero attached hydrogens (tertiary/aromatic N) is 1. The van der Waals surface area contributed by atoms with E-state index in [4.69, 9.17) is 15.2 Å². The monoisotopic (exact) mass is 628 g/mol. The zero-order valence-corrected chi connectivity index (χ0v) is 26.7. The lowest BCUT2D eigenvalue weighted by atomic mass is 9.99. The van der Waals surface area contributed by atoms with Crippen LogP contribution in [-0.2, 0) is 32.2 Å². The maximum atomic E-state index is 12.5. The number of amides is 2. The third-order valence-corrected chi connectivity index (χ3v) is 8.81. The summed E-state index contributed by atoms with van der Waals surface area (Å²) < 4.78 is 13.1. The number of para-hydroxylation sites is 2. The first-order valence-electron chi connectivity index (χ1n) is 16.7. The normalized spacial score (nSPS) is 20.8. The summed E-state index contributed by atoms with van der Waals surface area (Å²) in [5, 5.41) is 15.2. The smallest absolute Gasteiger partial charge is 0.224 e. The van der Waals surface area contributed by atoms with Gasteiger partial charge in [0.25, 0.3) is 0 Å². The van der Waals surface area contributed by atoms with Crippen molar-refractivity contribution in [3.05, 3.63) is 95.1 Å². The first-order valence-corrected chi connectivity index (χ1v) is 16.7. The zero-order valence-electron chi connectivity index (χ0n) is 26.7. The molecule has 2 saturated heterocycles. The molecule has 0 unspecified atom stereocenters. The van der Waals surface area contributed by atoms with Gasteiger partial charge in [0.2, 0.25) is 11.8 Å². The molecule has 246 valence electrons. The Balaban J connectivity index is 1.13. The highest BCUT2D eigenvalue weighted by atomic mass is 16.7. The van der Waals surface area contributed by atoms with Crippen LogP contribution in [0.15, 0.2) is 72.8 Å². The van der Waals surface area contributed by atoms with Gasteiger partial charge in [-0.05, 0) is 61.2 Å². The molecule has 5 rings (SSSR count). The molecule has 3 atom stereocenters. The third kappa shape index (κ3) is 10.1. The van der Waals surface area contributed by atoms with Crippen LogP contribution >= 0.6 is 0 Å². The van der Waals surface area contributed by atoms with E-state index in [1.54, 1.807) is 12.1 Å². The summed E-state index contributed by atoms with van der Waals surface area (Å²) in [6, 6.07) is 23.1. The number of benzene rings is 3. The number of rotatable bonds is 12. The van der Waals surface area contributed by atoms with Crippen molar-refractivity contribution >= 4 is 23.2 Å². The van der Waals surface area contributed by atoms with Crippen molar-refractivity contribution in [3.8, 4) is 0 Å². The Kier molecular flexibility index (Phi) is 12.6. The van der Waals surface area contributed by atoms with Crippen molar-refractivity contribution in [2.75, 3.05) is 30.7 Å². The number of aliphatic hydroxyl groups excluding tert-OH is 1. The van der Waals surface area contributed by atoms with Crippen molar-refractivity contribution in [1.82, 2.24) is 10.2 Å². The highest BCUT2D eigenvalue weighted by Crippen LogP contribution is 2.38. The Morgan fingerprint density at radius 1 is 0.804 bits per heavy atom. The van der Waals surface area contributed by atoms with E-state index in [2.05, 4.69) is 15.5 Å². The van der Waals surface area contributed by atoms with E-state index in [0.717, 1.165) is 48.3 Å². The van der Waals surface area contributed by atoms with E-state index in [9.17, 15) is 14.7 Å². The second-order valence-electron chi connectivity index (χ2n) is 12.4. The SMILES string of the molecule is Nc1ccccc1NC(=O)CCCC(=O)NCc1ccc([C@@H]2O[C@H](CN3CCCCCCC3)C[C@H](c3ccc(CO)cc3)O2)cc1. The van der Waals surface area contributed by atoms with Gasteiger partial charge in [0.15, 0.2) is 6.29 Å². The van der Waals surface area contributed by atoms with Crippen LogP contribution in [-0.4, -0.2) is 47.6 Å². The average molecular weight is 629 g/mol. The molecule has 2 aliphatic rings. The number of aliphatic hydroxyl groups is 1. The number of ether oxygens (including phenoxy) is 2. The van der Waals surface area contributed by atoms with Crippen LogP contribution in [0, 0.1) is 0 Å². The summed E-state index contributed by atoms with van der Waals surface area (Å²) in [6.07, 6.45) is 7.53. The fourth-order valence-electron chi connectivity index (χ4n) is 6.13. The number of hydrogen-bond donors (Lipinski definition) is 4. The molecule has 0 bridgehead atoms. The predicted molar refractivity (Wildman–Crippen MR) is 180 cm³/mol. The Hall–Kier alpha value is -3.76. The van der Waals surface area contributed by atoms with E-state index in [-0.39, 0.29) is 43.5 Å². The lowest BCUT2D eigenvalue weighted by Gasteiger charge is -2.38. The highest BCUT2D eigenvalue weighted by Gasteiger charge is 2.33. The van der Waals surface area contributed by atoms with E-state index in [0.29, 0.717) is 24.3 Å². The van der Waals surface area contributed by atoms with Gasteiger partial charge in [-0.1, -0.05) is 79.9 Å². The Labute approximate surface area is 272 Å². The van der Waals surface area contributed by atoms with E-state index in [1.807, 2.05) is 60.7 Å². The van der Waals surface area contributed by atoms with Crippen LogP contribution in [0.25, 0.3) is 0 Å². The molecule has 0 spiro atoms. The van der Waals surface area contributed by atoms with Gasteiger partial charge in [0.05, 0.1) is 30.2 Å². The molecule has 2 fully saturated rings. The molecule has 9 nitrogen and oxygen atoms in total. The van der Waals surface area contributed by atoms with E-state index in [1.165, 1.54) is 32.1 Å². The molecule has 0 aliphatic carbocycles. The summed E-state index contributed by atoms with van der Waals surface area (Å²) in [5.74, 6) is -0.265. The Bertz CT molecular complexity index is 1390. The van der Waals surface area contributed by atoms with Gasteiger partial charge in [0.1, 0.15) is 0 Å². The number of nitrogens with one attached hydrogen (secondary N) is 2. The molecule has 3 aromatic carbocycles. The molecule has 5 N–H and O–H groups in total. The Morgan fingerprint density at radius 2 is 1.46 bits per heavy atom. The average Bonchev–Trinajstić information content (AvgIpc) is 3.06. The molecule has 2 heterocycles. The van der Waals surface area contributed by atoms with Crippen LogP contribution < -0.4 is 16.4 Å². The number of anilines is 2. The van der Waals surface area contributed by atoms with Gasteiger partial charge < -0.3 is 35.8 Å². The largest absolute Gasteiger partial charge is 0.397 e. The highest BCUT2D eigenvalue weighted by molar-refractivity contribution is 5.93. The minimum absolute atomic E-state index is 0.0176. The van der Waals surface area contributed by atoms with Crippen molar-refractivity contribution in [1.29, 1.82) is 0 Å². The fourth-order valence-corrected chi connectivity index (χ4v) is 6.13. The summed E-state index contributed by atoms with van der Waals surface area (Å²) in [7, 11) is 0. The van der Waals surface area contributed by atoms with Gasteiger partial charge in [-0.15, -0.1) is 0 Å². The van der Waals surface area contributed by atoms with Gasteiger partial charge in [-0.3, -0.25) is 9.59 Å². The molecular weight excluding hydrogens is 580 g/mol. The fraction of sp³-hybridized carbons (Fsp3) is 0.459. The van der Waals surface area contributed by atoms with Crippen LogP contribution in [0.1, 0.15) is 92.4 Å². The topological polar surface area (TPSA) is 126 Å². The second kappa shape index (κ2) is 17.2. The third-order valence-electron chi connectivity index (χ3n) is 8.81. The molecule has 3 aromatic rings. The molecule has 2 aliphatic heterocycles. The van der Waals surface area contributed by atoms with Gasteiger partial charge in [0, 0.05) is 37.9 Å². The molecular formula is C37H48N4O5. The minimum atomic E-state index is -0.503. The molecule has 0 radical (unpaired) electrons. The summed E-state index contributed by atoms with van der Waals surface area (Å²) in [4.78, 5) is 27.2. The maximum Gasteiger partial charge on any atom is 0.224 e. The lowest BCUT2D eigenvalue weighted by molar-refractivity contribution is -0.253. The standard InChI is InChI=1S/C37H48N4O5/c38-32-9-4-5-10-33(32)40-36(44)12-8-11-35(43)39-24-27-13-19-30(20-14-27)37-45-31(25-41-21-6-2-1-3-7-22-41)23-34(46-37)29-17-15-28(26-42)16-18-29/h4-5,9-10,13-20,31,34,37,42H,1-3,6-8,11-12,21-26,38H2,(H,39,43)(H,40,44)/t31-,34+,37+/m0/s1. The van der Waals surface area contributed by atoms with Crippen molar-refractivity contribution < 1.29 is 24.2 Å². The summed E-state index contributed by atoms with van der Waals surface area (Å²) in [5.41, 5.74) is 10.9. The van der Waals surface area contributed by atoms with Gasteiger partial charge in [-0.25, -0.2) is 0 Å². The molecule has 9 heteroatoms. The van der Waals surface area contributed by atoms with Gasteiger partial charge >= 0.3 is 0 Å². The van der Waals surface area contributed by atoms with Crippen LogP contribution in [0.3, 0.4) is 0 Å². The lowest BCUT2D eigenvalue weighted by Crippen LogP contribution is -2.40. The van der Waals surface area contributed by atoms with Crippen molar-refractivity contribution in [2.45, 2.75) is 89.4 Å². The predicted octanol–water partition coefficient (Wildman–Crippen LogP) is 6.00. The number of hydrogen-bond acceptors (Lipinski definition) is 7. The number of nitrogen functional groups attached to an aromatic ring is 1. The molecule has 46 heavy (non-hydrogen) atoms. The van der Waals surface area contributed by atoms with Crippen molar-refractivity contribution in [2.24, 2.45) is 0 Å². The summed E-state index contributed by atoms with van der Waals surface area (Å²) in [6.45, 7) is 3.52. The first-order chi connectivity index (χ1) is 22.5. The van der Waals surface area contributed by atoms with Crippen LogP contribution in [0.5, 0.6) is 0 Å². The Morgan fingerprint density at radius 3 is 2.17 bits per heavy atom.